The number of esters is 1. The molecular weight excluding hydrogens is 232 g/mol. The average molecular weight is 252 g/mol. The summed E-state index contributed by atoms with van der Waals surface area (Å²) in [5.74, 6) is -0.212. The number of nitrogens with one attached hydrogen (secondary N) is 1. The predicted molar refractivity (Wildman–Crippen MR) is 71.6 cm³/mol. The zero-order valence-corrected chi connectivity index (χ0v) is 10.9. The van der Waals surface area contributed by atoms with Gasteiger partial charge in [0.1, 0.15) is 0 Å². The van der Waals surface area contributed by atoms with Crippen LogP contribution in [0.15, 0.2) is 18.2 Å². The van der Waals surface area contributed by atoms with E-state index < -0.39 is 0 Å². The lowest BCUT2D eigenvalue weighted by atomic mass is 10.1. The number of nitrogens with two attached hydrogens (primary N) is 1. The molecule has 0 fully saturated rings. The molecule has 18 heavy (non-hydrogen) atoms. The molecule has 0 atom stereocenters. The molecule has 5 heteroatoms. The van der Waals surface area contributed by atoms with Gasteiger partial charge in [-0.05, 0) is 24.1 Å². The van der Waals surface area contributed by atoms with Gasteiger partial charge in [0.2, 0.25) is 0 Å². The number of anilines is 2. The Balaban J connectivity index is 2.53. The average Bonchev–Trinajstić information content (AvgIpc) is 2.38. The third kappa shape index (κ3) is 4.63. The third-order valence-electron chi connectivity index (χ3n) is 2.58. The fourth-order valence-electron chi connectivity index (χ4n) is 1.56. The SMILES string of the molecule is COCCNc1ccc(CCC(=O)OC)cc1N. The van der Waals surface area contributed by atoms with Crippen molar-refractivity contribution in [1.82, 2.24) is 0 Å². The molecule has 0 radical (unpaired) electrons. The second kappa shape index (κ2) is 7.55. The van der Waals surface area contributed by atoms with Crippen molar-refractivity contribution < 1.29 is 14.3 Å². The van der Waals surface area contributed by atoms with Crippen LogP contribution in [-0.2, 0) is 20.7 Å². The maximum Gasteiger partial charge on any atom is 0.305 e. The molecule has 0 saturated carbocycles. The molecule has 1 aromatic carbocycles. The molecule has 0 aliphatic heterocycles. The van der Waals surface area contributed by atoms with E-state index in [-0.39, 0.29) is 5.97 Å². The van der Waals surface area contributed by atoms with Gasteiger partial charge in [-0.3, -0.25) is 4.79 Å². The number of methoxy groups -OCH3 is 2. The van der Waals surface area contributed by atoms with E-state index in [9.17, 15) is 4.79 Å². The lowest BCUT2D eigenvalue weighted by Gasteiger charge is -2.10. The molecule has 1 rings (SSSR count). The second-order valence-electron chi connectivity index (χ2n) is 3.92. The molecule has 0 aliphatic rings. The number of nitrogen functional groups attached to an aromatic ring is 1. The lowest BCUT2D eigenvalue weighted by Crippen LogP contribution is -2.09. The summed E-state index contributed by atoms with van der Waals surface area (Å²) >= 11 is 0. The minimum Gasteiger partial charge on any atom is -0.469 e. The van der Waals surface area contributed by atoms with Crippen molar-refractivity contribution in [2.45, 2.75) is 12.8 Å². The topological polar surface area (TPSA) is 73.6 Å². The fourth-order valence-corrected chi connectivity index (χ4v) is 1.56. The number of aryl methyl sites for hydroxylation is 1. The van der Waals surface area contributed by atoms with Crippen LogP contribution in [0.2, 0.25) is 0 Å². The molecule has 0 spiro atoms. The van der Waals surface area contributed by atoms with Crippen LogP contribution in [0.5, 0.6) is 0 Å². The molecule has 1 aromatic rings. The molecule has 100 valence electrons. The number of ether oxygens (including phenoxy) is 2. The van der Waals surface area contributed by atoms with Crippen LogP contribution >= 0.6 is 0 Å². The largest absolute Gasteiger partial charge is 0.469 e. The summed E-state index contributed by atoms with van der Waals surface area (Å²) in [5.41, 5.74) is 8.50. The van der Waals surface area contributed by atoms with Gasteiger partial charge in [0, 0.05) is 20.1 Å². The van der Waals surface area contributed by atoms with Gasteiger partial charge in [0.05, 0.1) is 25.1 Å². The van der Waals surface area contributed by atoms with Gasteiger partial charge in [-0.15, -0.1) is 0 Å². The quantitative estimate of drug-likeness (QED) is 0.436. The molecule has 0 saturated heterocycles. The van der Waals surface area contributed by atoms with E-state index in [2.05, 4.69) is 10.1 Å². The molecule has 0 heterocycles. The number of carbonyl (C=O) groups is 1. The molecule has 0 unspecified atom stereocenters. The number of rotatable bonds is 7. The van der Waals surface area contributed by atoms with Crippen molar-refractivity contribution in [2.75, 3.05) is 38.4 Å². The zero-order valence-electron chi connectivity index (χ0n) is 10.9. The minimum absolute atomic E-state index is 0.212. The maximum atomic E-state index is 11.0. The highest BCUT2D eigenvalue weighted by Crippen LogP contribution is 2.20. The molecule has 0 amide bonds. The molecule has 3 N–H and O–H groups in total. The monoisotopic (exact) mass is 252 g/mol. The predicted octanol–water partition coefficient (Wildman–Crippen LogP) is 1.43. The smallest absolute Gasteiger partial charge is 0.305 e. The summed E-state index contributed by atoms with van der Waals surface area (Å²) in [6, 6.07) is 5.74. The van der Waals surface area contributed by atoms with Gasteiger partial charge in [0.25, 0.3) is 0 Å². The highest BCUT2D eigenvalue weighted by Gasteiger charge is 2.04. The first kappa shape index (κ1) is 14.3. The fraction of sp³-hybridized carbons (Fsp3) is 0.462. The molecular formula is C13H20N2O3. The summed E-state index contributed by atoms with van der Waals surface area (Å²) in [4.78, 5) is 11.0. The van der Waals surface area contributed by atoms with Crippen molar-refractivity contribution >= 4 is 17.3 Å². The van der Waals surface area contributed by atoms with Crippen molar-refractivity contribution in [1.29, 1.82) is 0 Å². The Morgan fingerprint density at radius 1 is 1.39 bits per heavy atom. The van der Waals surface area contributed by atoms with Gasteiger partial charge in [0.15, 0.2) is 0 Å². The number of benzene rings is 1. The first-order chi connectivity index (χ1) is 8.67. The van der Waals surface area contributed by atoms with Crippen LogP contribution in [0, 0.1) is 0 Å². The summed E-state index contributed by atoms with van der Waals surface area (Å²) in [6.45, 7) is 1.34. The summed E-state index contributed by atoms with van der Waals surface area (Å²) in [5, 5.41) is 3.18. The van der Waals surface area contributed by atoms with Gasteiger partial charge < -0.3 is 20.5 Å². The molecule has 0 aromatic heterocycles. The molecule has 0 bridgehead atoms. The Labute approximate surface area is 107 Å². The standard InChI is InChI=1S/C13H20N2O3/c1-17-8-7-15-12-5-3-10(9-11(12)14)4-6-13(16)18-2/h3,5,9,15H,4,6-8,14H2,1-2H3. The van der Waals surface area contributed by atoms with Crippen molar-refractivity contribution in [3.63, 3.8) is 0 Å². The van der Waals surface area contributed by atoms with Gasteiger partial charge in [-0.2, -0.15) is 0 Å². The van der Waals surface area contributed by atoms with E-state index in [1.165, 1.54) is 7.11 Å². The molecule has 0 aliphatic carbocycles. The van der Waals surface area contributed by atoms with Crippen LogP contribution < -0.4 is 11.1 Å². The van der Waals surface area contributed by atoms with Crippen LogP contribution in [0.25, 0.3) is 0 Å². The third-order valence-corrected chi connectivity index (χ3v) is 2.58. The Morgan fingerprint density at radius 3 is 2.78 bits per heavy atom. The first-order valence-corrected chi connectivity index (χ1v) is 5.85. The highest BCUT2D eigenvalue weighted by atomic mass is 16.5. The highest BCUT2D eigenvalue weighted by molar-refractivity contribution is 5.70. The lowest BCUT2D eigenvalue weighted by molar-refractivity contribution is -0.140. The van der Waals surface area contributed by atoms with Crippen molar-refractivity contribution in [3.05, 3.63) is 23.8 Å². The van der Waals surface area contributed by atoms with E-state index >= 15 is 0 Å². The summed E-state index contributed by atoms with van der Waals surface area (Å²) < 4.78 is 9.54. The van der Waals surface area contributed by atoms with Crippen LogP contribution in [0.3, 0.4) is 0 Å². The van der Waals surface area contributed by atoms with E-state index in [0.29, 0.717) is 31.7 Å². The summed E-state index contributed by atoms with van der Waals surface area (Å²) in [7, 11) is 3.04. The Morgan fingerprint density at radius 2 is 2.17 bits per heavy atom. The Hall–Kier alpha value is -1.75. The maximum absolute atomic E-state index is 11.0. The number of carbonyl (C=O) groups excluding carboxylic acids is 1. The van der Waals surface area contributed by atoms with Crippen LogP contribution in [0.1, 0.15) is 12.0 Å². The van der Waals surface area contributed by atoms with Gasteiger partial charge in [-0.25, -0.2) is 0 Å². The van der Waals surface area contributed by atoms with Crippen molar-refractivity contribution in [3.8, 4) is 0 Å². The molecule has 5 nitrogen and oxygen atoms in total. The second-order valence-corrected chi connectivity index (χ2v) is 3.92. The number of hydrogen-bond acceptors (Lipinski definition) is 5. The number of hydrogen-bond donors (Lipinski definition) is 2. The van der Waals surface area contributed by atoms with Crippen LogP contribution in [0.4, 0.5) is 11.4 Å². The van der Waals surface area contributed by atoms with E-state index in [1.54, 1.807) is 7.11 Å². The van der Waals surface area contributed by atoms with E-state index in [0.717, 1.165) is 11.3 Å². The summed E-state index contributed by atoms with van der Waals surface area (Å²) in [6.07, 6.45) is 1.00. The normalized spacial score (nSPS) is 10.1. The minimum atomic E-state index is -0.212. The Kier molecular flexibility index (Phi) is 6.00. The van der Waals surface area contributed by atoms with Gasteiger partial charge >= 0.3 is 5.97 Å². The van der Waals surface area contributed by atoms with E-state index in [1.807, 2.05) is 18.2 Å². The first-order valence-electron chi connectivity index (χ1n) is 5.85. The van der Waals surface area contributed by atoms with Crippen molar-refractivity contribution in [2.24, 2.45) is 0 Å². The van der Waals surface area contributed by atoms with Gasteiger partial charge in [-0.1, -0.05) is 6.07 Å². The Bertz CT molecular complexity index is 394. The zero-order chi connectivity index (χ0) is 13.4. The van der Waals surface area contributed by atoms with E-state index in [4.69, 9.17) is 10.5 Å². The van der Waals surface area contributed by atoms with Crippen LogP contribution in [-0.4, -0.2) is 33.3 Å².